The molecular formula is C23H23N3O4S. The van der Waals surface area contributed by atoms with Gasteiger partial charge in [0, 0.05) is 18.1 Å². The normalized spacial score (nSPS) is 15.3. The zero-order valence-corrected chi connectivity index (χ0v) is 18.1. The number of aromatic hydroxyl groups is 1. The van der Waals surface area contributed by atoms with Crippen LogP contribution < -0.4 is 15.6 Å². The van der Waals surface area contributed by atoms with E-state index in [2.05, 4.69) is 15.3 Å². The SMILES string of the molecule is CCOc1cc(C2CC(=O)Nc3nc(SCc4ccccc4C)[nH]c(=O)c32)ccc1O. The highest BCUT2D eigenvalue weighted by Gasteiger charge is 2.31. The quantitative estimate of drug-likeness (QED) is 0.398. The molecule has 3 aromatic rings. The van der Waals surface area contributed by atoms with Crippen LogP contribution in [0, 0.1) is 6.92 Å². The summed E-state index contributed by atoms with van der Waals surface area (Å²) in [4.78, 5) is 32.7. The molecule has 3 N–H and O–H groups in total. The van der Waals surface area contributed by atoms with Gasteiger partial charge in [-0.2, -0.15) is 0 Å². The second kappa shape index (κ2) is 8.85. The Labute approximate surface area is 183 Å². The van der Waals surface area contributed by atoms with Crippen molar-refractivity contribution in [2.75, 3.05) is 11.9 Å². The van der Waals surface area contributed by atoms with E-state index < -0.39 is 5.92 Å². The lowest BCUT2D eigenvalue weighted by Crippen LogP contribution is -2.31. The van der Waals surface area contributed by atoms with Crippen LogP contribution in [0.5, 0.6) is 11.5 Å². The summed E-state index contributed by atoms with van der Waals surface area (Å²) in [5.74, 6) is 0.583. The minimum atomic E-state index is -0.477. The van der Waals surface area contributed by atoms with Gasteiger partial charge < -0.3 is 20.1 Å². The number of hydrogen-bond donors (Lipinski definition) is 3. The van der Waals surface area contributed by atoms with Gasteiger partial charge in [0.1, 0.15) is 5.82 Å². The number of phenolic OH excluding ortho intramolecular Hbond substituents is 1. The number of anilines is 1. The third kappa shape index (κ3) is 4.44. The summed E-state index contributed by atoms with van der Waals surface area (Å²) >= 11 is 1.41. The van der Waals surface area contributed by atoms with Crippen molar-refractivity contribution >= 4 is 23.5 Å². The fraction of sp³-hybridized carbons (Fsp3) is 0.261. The lowest BCUT2D eigenvalue weighted by molar-refractivity contribution is -0.116. The number of nitrogens with one attached hydrogen (secondary N) is 2. The van der Waals surface area contributed by atoms with Gasteiger partial charge in [0.25, 0.3) is 5.56 Å². The molecule has 0 radical (unpaired) electrons. The first-order valence-corrected chi connectivity index (χ1v) is 11.0. The molecule has 2 heterocycles. The van der Waals surface area contributed by atoms with E-state index in [1.807, 2.05) is 38.1 Å². The van der Waals surface area contributed by atoms with Crippen LogP contribution in [0.2, 0.25) is 0 Å². The van der Waals surface area contributed by atoms with Gasteiger partial charge in [-0.1, -0.05) is 42.1 Å². The van der Waals surface area contributed by atoms with Crippen LogP contribution in [0.1, 0.15) is 41.5 Å². The van der Waals surface area contributed by atoms with E-state index in [1.54, 1.807) is 12.1 Å². The molecule has 1 amide bonds. The maximum absolute atomic E-state index is 13.0. The Balaban J connectivity index is 1.67. The molecule has 1 aliphatic heterocycles. The van der Waals surface area contributed by atoms with Crippen molar-refractivity contribution in [3.05, 3.63) is 75.1 Å². The number of rotatable bonds is 6. The number of aryl methyl sites for hydroxylation is 1. The third-order valence-electron chi connectivity index (χ3n) is 5.24. The van der Waals surface area contributed by atoms with Gasteiger partial charge in [-0.25, -0.2) is 4.98 Å². The average Bonchev–Trinajstić information content (AvgIpc) is 2.74. The Morgan fingerprint density at radius 3 is 2.81 bits per heavy atom. The molecule has 0 saturated heterocycles. The number of ether oxygens (including phenoxy) is 1. The van der Waals surface area contributed by atoms with Crippen molar-refractivity contribution in [1.29, 1.82) is 0 Å². The molecule has 1 aromatic heterocycles. The topological polar surface area (TPSA) is 104 Å². The smallest absolute Gasteiger partial charge is 0.257 e. The maximum Gasteiger partial charge on any atom is 0.257 e. The minimum Gasteiger partial charge on any atom is -0.504 e. The monoisotopic (exact) mass is 437 g/mol. The average molecular weight is 438 g/mol. The van der Waals surface area contributed by atoms with Gasteiger partial charge in [0.15, 0.2) is 16.7 Å². The first kappa shape index (κ1) is 21.0. The Morgan fingerprint density at radius 1 is 1.23 bits per heavy atom. The number of benzene rings is 2. The minimum absolute atomic E-state index is 0.0149. The van der Waals surface area contributed by atoms with Crippen molar-refractivity contribution in [2.24, 2.45) is 0 Å². The number of carbonyl (C=O) groups is 1. The van der Waals surface area contributed by atoms with Gasteiger partial charge in [0.2, 0.25) is 5.91 Å². The summed E-state index contributed by atoms with van der Waals surface area (Å²) in [6.07, 6.45) is 0.115. The number of H-pyrrole nitrogens is 1. The van der Waals surface area contributed by atoms with Crippen LogP contribution in [-0.4, -0.2) is 27.6 Å². The Hall–Kier alpha value is -3.26. The van der Waals surface area contributed by atoms with Crippen molar-refractivity contribution in [1.82, 2.24) is 9.97 Å². The number of amides is 1. The molecule has 1 atom stereocenters. The number of aromatic amines is 1. The van der Waals surface area contributed by atoms with E-state index >= 15 is 0 Å². The van der Waals surface area contributed by atoms with E-state index in [4.69, 9.17) is 4.74 Å². The van der Waals surface area contributed by atoms with E-state index in [0.717, 1.165) is 5.56 Å². The molecule has 1 aliphatic rings. The molecule has 31 heavy (non-hydrogen) atoms. The third-order valence-corrected chi connectivity index (χ3v) is 6.16. The van der Waals surface area contributed by atoms with Gasteiger partial charge in [0.05, 0.1) is 12.2 Å². The van der Waals surface area contributed by atoms with Crippen LogP contribution >= 0.6 is 11.8 Å². The lowest BCUT2D eigenvalue weighted by atomic mass is 9.86. The molecule has 0 saturated carbocycles. The maximum atomic E-state index is 13.0. The summed E-state index contributed by atoms with van der Waals surface area (Å²) in [5.41, 5.74) is 3.16. The lowest BCUT2D eigenvalue weighted by Gasteiger charge is -2.25. The molecule has 8 heteroatoms. The standard InChI is InChI=1S/C23H23N3O4S/c1-3-30-18-10-14(8-9-17(18)27)16-11-19(28)24-21-20(16)22(29)26-23(25-21)31-12-15-7-5-4-6-13(15)2/h4-10,16,27H,3,11-12H2,1-2H3,(H2,24,25,26,28,29). The molecule has 0 aliphatic carbocycles. The number of phenols is 1. The highest BCUT2D eigenvalue weighted by Crippen LogP contribution is 2.38. The van der Waals surface area contributed by atoms with E-state index in [9.17, 15) is 14.7 Å². The van der Waals surface area contributed by atoms with E-state index in [-0.39, 0.29) is 29.5 Å². The molecule has 2 aromatic carbocycles. The van der Waals surface area contributed by atoms with Gasteiger partial charge in [-0.3, -0.25) is 9.59 Å². The van der Waals surface area contributed by atoms with E-state index in [1.165, 1.54) is 23.4 Å². The molecule has 160 valence electrons. The molecule has 0 spiro atoms. The highest BCUT2D eigenvalue weighted by atomic mass is 32.2. The Morgan fingerprint density at radius 2 is 2.03 bits per heavy atom. The summed E-state index contributed by atoms with van der Waals surface area (Å²) in [6.45, 7) is 4.25. The molecular weight excluding hydrogens is 414 g/mol. The zero-order chi connectivity index (χ0) is 22.0. The fourth-order valence-electron chi connectivity index (χ4n) is 3.64. The van der Waals surface area contributed by atoms with Crippen molar-refractivity contribution in [3.63, 3.8) is 0 Å². The number of aromatic nitrogens is 2. The zero-order valence-electron chi connectivity index (χ0n) is 17.3. The summed E-state index contributed by atoms with van der Waals surface area (Å²) in [7, 11) is 0. The Kier molecular flexibility index (Phi) is 5.99. The number of carbonyl (C=O) groups excluding carboxylic acids is 1. The van der Waals surface area contributed by atoms with Crippen LogP contribution in [0.25, 0.3) is 0 Å². The van der Waals surface area contributed by atoms with Crippen LogP contribution in [0.4, 0.5) is 5.82 Å². The second-order valence-corrected chi connectivity index (χ2v) is 8.28. The predicted octanol–water partition coefficient (Wildman–Crippen LogP) is 3.95. The molecule has 4 rings (SSSR count). The summed E-state index contributed by atoms with van der Waals surface area (Å²) < 4.78 is 5.46. The van der Waals surface area contributed by atoms with Crippen LogP contribution in [0.15, 0.2) is 52.4 Å². The Bertz CT molecular complexity index is 1190. The largest absolute Gasteiger partial charge is 0.504 e. The number of fused-ring (bicyclic) bond motifs is 1. The van der Waals surface area contributed by atoms with Gasteiger partial charge in [-0.15, -0.1) is 0 Å². The van der Waals surface area contributed by atoms with Crippen molar-refractivity contribution in [3.8, 4) is 11.5 Å². The molecule has 7 nitrogen and oxygen atoms in total. The first-order chi connectivity index (χ1) is 15.0. The first-order valence-electron chi connectivity index (χ1n) is 10.0. The highest BCUT2D eigenvalue weighted by molar-refractivity contribution is 7.98. The fourth-order valence-corrected chi connectivity index (χ4v) is 4.58. The van der Waals surface area contributed by atoms with Gasteiger partial charge in [-0.05, 0) is 42.7 Å². The van der Waals surface area contributed by atoms with Crippen LogP contribution in [0.3, 0.4) is 0 Å². The number of thioether (sulfide) groups is 1. The van der Waals surface area contributed by atoms with Gasteiger partial charge >= 0.3 is 0 Å². The number of hydrogen-bond acceptors (Lipinski definition) is 6. The van der Waals surface area contributed by atoms with E-state index in [0.29, 0.717) is 34.4 Å². The molecule has 1 unspecified atom stereocenters. The number of nitrogens with zero attached hydrogens (tertiary/aromatic N) is 1. The second-order valence-electron chi connectivity index (χ2n) is 7.31. The summed E-state index contributed by atoms with van der Waals surface area (Å²) in [5, 5.41) is 13.2. The molecule has 0 bridgehead atoms. The summed E-state index contributed by atoms with van der Waals surface area (Å²) in [6, 6.07) is 12.9. The van der Waals surface area contributed by atoms with Crippen LogP contribution in [-0.2, 0) is 10.5 Å². The predicted molar refractivity (Wildman–Crippen MR) is 120 cm³/mol. The van der Waals surface area contributed by atoms with Crippen molar-refractivity contribution in [2.45, 2.75) is 37.1 Å². The van der Waals surface area contributed by atoms with Crippen molar-refractivity contribution < 1.29 is 14.6 Å². The molecule has 0 fully saturated rings.